The maximum Gasteiger partial charge on any atom is 0.220 e. The second-order valence-electron chi connectivity index (χ2n) is 20.6. The Balaban J connectivity index is 3.50. The van der Waals surface area contributed by atoms with Gasteiger partial charge in [0.25, 0.3) is 0 Å². The number of unbranched alkanes of at least 4 members (excludes halogenated alkanes) is 45. The number of aliphatic hydroxyl groups is 3. The van der Waals surface area contributed by atoms with E-state index in [1.807, 2.05) is 0 Å². The fourth-order valence-corrected chi connectivity index (χ4v) is 9.57. The van der Waals surface area contributed by atoms with Crippen LogP contribution in [0.3, 0.4) is 0 Å². The molecule has 5 nitrogen and oxygen atoms in total. The van der Waals surface area contributed by atoms with Crippen molar-refractivity contribution in [3.63, 3.8) is 0 Å². The molecule has 0 fully saturated rings. The van der Waals surface area contributed by atoms with Gasteiger partial charge in [0.05, 0.1) is 18.8 Å². The smallest absolute Gasteiger partial charge is 0.220 e. The molecular weight excluding hydrogens is 787 g/mol. The third-order valence-electron chi connectivity index (χ3n) is 14.1. The van der Waals surface area contributed by atoms with E-state index in [2.05, 4.69) is 31.3 Å². The van der Waals surface area contributed by atoms with Crippen molar-refractivity contribution in [1.29, 1.82) is 0 Å². The van der Waals surface area contributed by atoms with Crippen LogP contribution in [0, 0.1) is 0 Å². The fraction of sp³-hybridized carbons (Fsp3) is 0.949. The molecule has 3 unspecified atom stereocenters. The second kappa shape index (κ2) is 54.7. The highest BCUT2D eigenvalue weighted by Gasteiger charge is 2.26. The molecule has 0 aliphatic carbocycles. The van der Waals surface area contributed by atoms with E-state index in [4.69, 9.17) is 0 Å². The number of nitrogens with one attached hydrogen (secondary N) is 1. The quantitative estimate of drug-likeness (QED) is 0.0362. The molecule has 0 aromatic rings. The molecule has 0 heterocycles. The fourth-order valence-electron chi connectivity index (χ4n) is 9.57. The van der Waals surface area contributed by atoms with Crippen LogP contribution in [0.1, 0.15) is 335 Å². The van der Waals surface area contributed by atoms with Crippen LogP contribution in [-0.4, -0.2) is 46.1 Å². The Morgan fingerprint density at radius 1 is 0.375 bits per heavy atom. The van der Waals surface area contributed by atoms with E-state index in [0.717, 1.165) is 32.1 Å². The first-order valence-electron chi connectivity index (χ1n) is 29.5. The van der Waals surface area contributed by atoms with E-state index >= 15 is 0 Å². The van der Waals surface area contributed by atoms with Gasteiger partial charge < -0.3 is 20.6 Å². The van der Waals surface area contributed by atoms with Crippen LogP contribution >= 0.6 is 0 Å². The zero-order valence-electron chi connectivity index (χ0n) is 43.7. The van der Waals surface area contributed by atoms with Crippen molar-refractivity contribution in [1.82, 2.24) is 5.32 Å². The van der Waals surface area contributed by atoms with Crippen molar-refractivity contribution in [2.45, 2.75) is 353 Å². The number of allylic oxidation sites excluding steroid dienone is 2. The lowest BCUT2D eigenvalue weighted by atomic mass is 9.99. The molecule has 0 aliphatic rings. The summed E-state index contributed by atoms with van der Waals surface area (Å²) in [5, 5.41) is 33.8. The van der Waals surface area contributed by atoms with Gasteiger partial charge in [-0.25, -0.2) is 0 Å². The van der Waals surface area contributed by atoms with Crippen LogP contribution < -0.4 is 5.32 Å². The summed E-state index contributed by atoms with van der Waals surface area (Å²) in [7, 11) is 0. The van der Waals surface area contributed by atoms with E-state index in [1.54, 1.807) is 0 Å². The predicted octanol–water partition coefficient (Wildman–Crippen LogP) is 18.3. The Morgan fingerprint density at radius 2 is 0.625 bits per heavy atom. The molecule has 0 bridgehead atoms. The Kier molecular flexibility index (Phi) is 53.9. The third-order valence-corrected chi connectivity index (χ3v) is 14.1. The van der Waals surface area contributed by atoms with Crippen molar-refractivity contribution in [2.75, 3.05) is 6.61 Å². The van der Waals surface area contributed by atoms with Gasteiger partial charge in [-0.15, -0.1) is 0 Å². The molecule has 0 aromatic heterocycles. The molecule has 0 spiro atoms. The Bertz CT molecular complexity index is 909. The standard InChI is InChI=1S/C59H117NO4/c1-3-5-7-9-11-13-15-17-19-21-23-25-26-27-28-29-30-31-32-34-36-38-40-42-44-46-48-50-52-54-58(63)60-56(55-61)59(64)57(62)53-51-49-47-45-43-41-39-37-35-33-24-22-20-18-16-14-12-10-8-6-4-2/h27-28,56-57,59,61-62,64H,3-26,29-55H2,1-2H3,(H,60,63)/b28-27-. The Morgan fingerprint density at radius 3 is 0.906 bits per heavy atom. The molecule has 0 rings (SSSR count). The zero-order chi connectivity index (χ0) is 46.5. The molecule has 0 radical (unpaired) electrons. The van der Waals surface area contributed by atoms with Crippen molar-refractivity contribution >= 4 is 5.91 Å². The number of amides is 1. The number of carbonyl (C=O) groups excluding carboxylic acids is 1. The first-order chi connectivity index (χ1) is 31.6. The van der Waals surface area contributed by atoms with Gasteiger partial charge in [-0.05, 0) is 38.5 Å². The zero-order valence-corrected chi connectivity index (χ0v) is 43.7. The lowest BCUT2D eigenvalue weighted by Gasteiger charge is -2.26. The summed E-state index contributed by atoms with van der Waals surface area (Å²) in [6, 6.07) is -0.807. The molecule has 4 N–H and O–H groups in total. The first-order valence-corrected chi connectivity index (χ1v) is 29.5. The van der Waals surface area contributed by atoms with Gasteiger partial charge in [0.2, 0.25) is 5.91 Å². The van der Waals surface area contributed by atoms with Crippen LogP contribution in [0.5, 0.6) is 0 Å². The largest absolute Gasteiger partial charge is 0.394 e. The Hall–Kier alpha value is -0.910. The number of hydrogen-bond donors (Lipinski definition) is 4. The molecular formula is C59H117NO4. The summed E-state index contributed by atoms with van der Waals surface area (Å²) in [4.78, 5) is 12.5. The van der Waals surface area contributed by atoms with Crippen molar-refractivity contribution in [3.05, 3.63) is 12.2 Å². The second-order valence-corrected chi connectivity index (χ2v) is 20.6. The van der Waals surface area contributed by atoms with Gasteiger partial charge in [-0.1, -0.05) is 302 Å². The number of hydrogen-bond acceptors (Lipinski definition) is 4. The summed E-state index contributed by atoms with van der Waals surface area (Å²) in [6.45, 7) is 4.23. The van der Waals surface area contributed by atoms with Crippen molar-refractivity contribution in [3.8, 4) is 0 Å². The maximum absolute atomic E-state index is 12.5. The molecule has 1 amide bonds. The average Bonchev–Trinajstić information content (AvgIpc) is 3.30. The van der Waals surface area contributed by atoms with Gasteiger partial charge in [0.15, 0.2) is 0 Å². The molecule has 0 saturated carbocycles. The van der Waals surface area contributed by atoms with Crippen LogP contribution in [0.25, 0.3) is 0 Å². The molecule has 3 atom stereocenters. The highest BCUT2D eigenvalue weighted by Crippen LogP contribution is 2.18. The average molecular weight is 905 g/mol. The van der Waals surface area contributed by atoms with Crippen molar-refractivity contribution < 1.29 is 20.1 Å². The van der Waals surface area contributed by atoms with Gasteiger partial charge in [0, 0.05) is 6.42 Å². The lowest BCUT2D eigenvalue weighted by molar-refractivity contribution is -0.124. The molecule has 0 saturated heterocycles. The summed E-state index contributed by atoms with van der Waals surface area (Å²) in [5.74, 6) is -0.138. The van der Waals surface area contributed by atoms with E-state index in [9.17, 15) is 20.1 Å². The lowest BCUT2D eigenvalue weighted by Crippen LogP contribution is -2.50. The number of carbonyl (C=O) groups is 1. The minimum absolute atomic E-state index is 0.138. The van der Waals surface area contributed by atoms with Crippen LogP contribution in [0.2, 0.25) is 0 Å². The summed E-state index contributed by atoms with van der Waals surface area (Å²) in [6.07, 6.45) is 68.0. The van der Waals surface area contributed by atoms with Crippen LogP contribution in [0.15, 0.2) is 12.2 Å². The number of rotatable bonds is 55. The normalized spacial score (nSPS) is 13.3. The summed E-state index contributed by atoms with van der Waals surface area (Å²) < 4.78 is 0. The van der Waals surface area contributed by atoms with Crippen LogP contribution in [-0.2, 0) is 4.79 Å². The topological polar surface area (TPSA) is 89.8 Å². The SMILES string of the molecule is CCCCCCCCCCCCCC/C=C\CCCCCCCCCCCCCCCC(=O)NC(CO)C(O)C(O)CCCCCCCCCCCCCCCCCCCCCCC. The minimum Gasteiger partial charge on any atom is -0.394 e. The van der Waals surface area contributed by atoms with Crippen molar-refractivity contribution in [2.24, 2.45) is 0 Å². The van der Waals surface area contributed by atoms with Gasteiger partial charge in [-0.3, -0.25) is 4.79 Å². The monoisotopic (exact) mass is 904 g/mol. The summed E-state index contributed by atoms with van der Waals surface area (Å²) in [5.41, 5.74) is 0. The summed E-state index contributed by atoms with van der Waals surface area (Å²) >= 11 is 0. The first kappa shape index (κ1) is 63.1. The van der Waals surface area contributed by atoms with E-state index in [0.29, 0.717) is 12.8 Å². The number of aliphatic hydroxyl groups excluding tert-OH is 3. The molecule has 5 heteroatoms. The van der Waals surface area contributed by atoms with E-state index in [-0.39, 0.29) is 12.5 Å². The highest BCUT2D eigenvalue weighted by molar-refractivity contribution is 5.76. The molecule has 0 aliphatic heterocycles. The molecule has 0 aromatic carbocycles. The van der Waals surface area contributed by atoms with Gasteiger partial charge >= 0.3 is 0 Å². The molecule has 64 heavy (non-hydrogen) atoms. The van der Waals surface area contributed by atoms with E-state index in [1.165, 1.54) is 276 Å². The van der Waals surface area contributed by atoms with Crippen LogP contribution in [0.4, 0.5) is 0 Å². The van der Waals surface area contributed by atoms with Gasteiger partial charge in [-0.2, -0.15) is 0 Å². The Labute approximate surface area is 401 Å². The predicted molar refractivity (Wildman–Crippen MR) is 282 cm³/mol. The highest BCUT2D eigenvalue weighted by atomic mass is 16.3. The maximum atomic E-state index is 12.5. The third kappa shape index (κ3) is 49.0. The molecule has 382 valence electrons. The van der Waals surface area contributed by atoms with Gasteiger partial charge in [0.1, 0.15) is 6.10 Å². The minimum atomic E-state index is -1.13. The van der Waals surface area contributed by atoms with E-state index < -0.39 is 18.2 Å².